The lowest BCUT2D eigenvalue weighted by Crippen LogP contribution is -2.11. The number of thioether (sulfide) groups is 2. The van der Waals surface area contributed by atoms with Gasteiger partial charge in [-0.1, -0.05) is 23.9 Å². The SMILES string of the molecule is Cc1csc(Sc2ccc(NC(=O)c3ccc(C4SCCS4)cc3)cc2)n1. The van der Waals surface area contributed by atoms with E-state index >= 15 is 0 Å². The van der Waals surface area contributed by atoms with Crippen molar-refractivity contribution >= 4 is 58.2 Å². The summed E-state index contributed by atoms with van der Waals surface area (Å²) in [5, 5.41) is 5.02. The molecular weight excluding hydrogens is 413 g/mol. The Labute approximate surface area is 175 Å². The Balaban J connectivity index is 1.37. The van der Waals surface area contributed by atoms with Gasteiger partial charge in [0.15, 0.2) is 4.34 Å². The van der Waals surface area contributed by atoms with Crippen LogP contribution < -0.4 is 5.32 Å². The standard InChI is InChI=1S/C20H18N2OS4/c1-13-12-26-20(21-13)27-17-8-6-16(7-9-17)22-18(23)14-2-4-15(5-3-14)19-24-10-11-25-19/h2-9,12,19H,10-11H2,1H3,(H,22,23). The number of nitrogens with one attached hydrogen (secondary N) is 1. The first-order chi connectivity index (χ1) is 13.2. The number of aryl methyl sites for hydroxylation is 1. The molecule has 0 atom stereocenters. The molecule has 3 aromatic rings. The zero-order valence-corrected chi connectivity index (χ0v) is 17.9. The van der Waals surface area contributed by atoms with E-state index in [2.05, 4.69) is 22.4 Å². The van der Waals surface area contributed by atoms with Gasteiger partial charge in [-0.25, -0.2) is 4.98 Å². The third-order valence-corrected chi connectivity index (χ3v) is 9.15. The van der Waals surface area contributed by atoms with E-state index in [9.17, 15) is 4.79 Å². The van der Waals surface area contributed by atoms with Crippen molar-refractivity contribution in [2.24, 2.45) is 0 Å². The molecular formula is C20H18N2OS4. The average molecular weight is 431 g/mol. The van der Waals surface area contributed by atoms with Crippen LogP contribution in [0.2, 0.25) is 0 Å². The molecule has 0 saturated carbocycles. The maximum atomic E-state index is 12.5. The van der Waals surface area contributed by atoms with E-state index in [4.69, 9.17) is 0 Å². The highest BCUT2D eigenvalue weighted by molar-refractivity contribution is 8.19. The van der Waals surface area contributed by atoms with Crippen LogP contribution >= 0.6 is 46.6 Å². The topological polar surface area (TPSA) is 42.0 Å². The second kappa shape index (κ2) is 8.73. The molecule has 1 amide bonds. The summed E-state index contributed by atoms with van der Waals surface area (Å²) >= 11 is 7.23. The van der Waals surface area contributed by atoms with Crippen molar-refractivity contribution in [3.8, 4) is 0 Å². The van der Waals surface area contributed by atoms with Crippen LogP contribution in [0.3, 0.4) is 0 Å². The van der Waals surface area contributed by atoms with Crippen LogP contribution in [0.4, 0.5) is 5.69 Å². The molecule has 27 heavy (non-hydrogen) atoms. The molecule has 0 bridgehead atoms. The summed E-state index contributed by atoms with van der Waals surface area (Å²) in [6.45, 7) is 2.00. The normalized spacial score (nSPS) is 14.4. The summed E-state index contributed by atoms with van der Waals surface area (Å²) in [5.41, 5.74) is 3.81. The van der Waals surface area contributed by atoms with Gasteiger partial charge in [-0.15, -0.1) is 34.9 Å². The molecule has 2 aromatic carbocycles. The van der Waals surface area contributed by atoms with E-state index in [0.29, 0.717) is 10.1 Å². The molecule has 1 fully saturated rings. The molecule has 0 spiro atoms. The summed E-state index contributed by atoms with van der Waals surface area (Å²) in [4.78, 5) is 18.1. The van der Waals surface area contributed by atoms with E-state index < -0.39 is 0 Å². The van der Waals surface area contributed by atoms with E-state index in [0.717, 1.165) is 20.6 Å². The van der Waals surface area contributed by atoms with Gasteiger partial charge >= 0.3 is 0 Å². The Kier molecular flexibility index (Phi) is 6.12. The van der Waals surface area contributed by atoms with Gasteiger partial charge in [0, 0.05) is 38.7 Å². The number of carbonyl (C=O) groups excluding carboxylic acids is 1. The predicted octanol–water partition coefficient (Wildman–Crippen LogP) is 6.33. The third kappa shape index (κ3) is 4.90. The van der Waals surface area contributed by atoms with Gasteiger partial charge in [0.2, 0.25) is 0 Å². The lowest BCUT2D eigenvalue weighted by molar-refractivity contribution is 0.102. The number of benzene rings is 2. The number of hydrogen-bond acceptors (Lipinski definition) is 6. The molecule has 138 valence electrons. The smallest absolute Gasteiger partial charge is 0.255 e. The highest BCUT2D eigenvalue weighted by Crippen LogP contribution is 2.45. The van der Waals surface area contributed by atoms with Crippen molar-refractivity contribution in [2.75, 3.05) is 16.8 Å². The number of thiazole rings is 1. The van der Waals surface area contributed by atoms with Crippen molar-refractivity contribution in [3.63, 3.8) is 0 Å². The zero-order valence-electron chi connectivity index (χ0n) is 14.7. The summed E-state index contributed by atoms with van der Waals surface area (Å²) in [5.74, 6) is 2.33. The minimum Gasteiger partial charge on any atom is -0.322 e. The monoisotopic (exact) mass is 430 g/mol. The van der Waals surface area contributed by atoms with Crippen LogP contribution in [0.25, 0.3) is 0 Å². The Morgan fingerprint density at radius 1 is 1.07 bits per heavy atom. The van der Waals surface area contributed by atoms with Crippen molar-refractivity contribution in [2.45, 2.75) is 20.7 Å². The van der Waals surface area contributed by atoms with Crippen LogP contribution in [0.15, 0.2) is 63.1 Å². The van der Waals surface area contributed by atoms with Crippen LogP contribution in [-0.4, -0.2) is 22.4 Å². The Morgan fingerprint density at radius 2 is 1.78 bits per heavy atom. The van der Waals surface area contributed by atoms with Gasteiger partial charge in [0.05, 0.1) is 4.58 Å². The van der Waals surface area contributed by atoms with Gasteiger partial charge in [-0.2, -0.15) is 0 Å². The first-order valence-electron chi connectivity index (χ1n) is 8.52. The van der Waals surface area contributed by atoms with Crippen molar-refractivity contribution in [1.29, 1.82) is 0 Å². The first kappa shape index (κ1) is 18.9. The zero-order chi connectivity index (χ0) is 18.6. The largest absolute Gasteiger partial charge is 0.322 e. The van der Waals surface area contributed by atoms with Crippen LogP contribution in [0, 0.1) is 6.92 Å². The molecule has 1 aliphatic heterocycles. The fourth-order valence-electron chi connectivity index (χ4n) is 2.63. The molecule has 3 nitrogen and oxygen atoms in total. The molecule has 0 aliphatic carbocycles. The Bertz CT molecular complexity index is 916. The van der Waals surface area contributed by atoms with E-state index in [1.165, 1.54) is 17.1 Å². The lowest BCUT2D eigenvalue weighted by atomic mass is 10.1. The molecule has 1 aromatic heterocycles. The van der Waals surface area contributed by atoms with Gasteiger partial charge in [-0.3, -0.25) is 4.79 Å². The summed E-state index contributed by atoms with van der Waals surface area (Å²) < 4.78 is 1.54. The van der Waals surface area contributed by atoms with E-state index in [-0.39, 0.29) is 5.91 Å². The molecule has 2 heterocycles. The second-order valence-electron chi connectivity index (χ2n) is 6.03. The van der Waals surface area contributed by atoms with Gasteiger partial charge in [0.25, 0.3) is 5.91 Å². The number of carbonyl (C=O) groups is 1. The third-order valence-electron chi connectivity index (χ3n) is 3.98. The molecule has 1 N–H and O–H groups in total. The number of anilines is 1. The Morgan fingerprint density at radius 3 is 2.41 bits per heavy atom. The van der Waals surface area contributed by atoms with Crippen molar-refractivity contribution in [3.05, 3.63) is 70.7 Å². The maximum Gasteiger partial charge on any atom is 0.255 e. The van der Waals surface area contributed by atoms with Crippen LogP contribution in [-0.2, 0) is 0 Å². The maximum absolute atomic E-state index is 12.5. The van der Waals surface area contributed by atoms with Crippen molar-refractivity contribution < 1.29 is 4.79 Å². The number of aromatic nitrogens is 1. The Hall–Kier alpha value is -1.41. The molecule has 4 rings (SSSR count). The molecule has 0 unspecified atom stereocenters. The fraction of sp³-hybridized carbons (Fsp3) is 0.200. The second-order valence-corrected chi connectivity index (χ2v) is 10.9. The predicted molar refractivity (Wildman–Crippen MR) is 119 cm³/mol. The average Bonchev–Trinajstić information content (AvgIpc) is 3.35. The minimum atomic E-state index is -0.0794. The van der Waals surface area contributed by atoms with Gasteiger partial charge in [0.1, 0.15) is 0 Å². The number of rotatable bonds is 5. The first-order valence-corrected chi connectivity index (χ1v) is 12.3. The highest BCUT2D eigenvalue weighted by Gasteiger charge is 2.18. The molecule has 1 aliphatic rings. The minimum absolute atomic E-state index is 0.0794. The number of amides is 1. The van der Waals surface area contributed by atoms with Crippen LogP contribution in [0.1, 0.15) is 26.2 Å². The highest BCUT2D eigenvalue weighted by atomic mass is 32.2. The van der Waals surface area contributed by atoms with Gasteiger partial charge < -0.3 is 5.32 Å². The van der Waals surface area contributed by atoms with Crippen LogP contribution in [0.5, 0.6) is 0 Å². The quantitative estimate of drug-likeness (QED) is 0.512. The fourth-order valence-corrected chi connectivity index (χ4v) is 7.30. The number of hydrogen-bond donors (Lipinski definition) is 1. The van der Waals surface area contributed by atoms with Gasteiger partial charge in [-0.05, 0) is 48.9 Å². The lowest BCUT2D eigenvalue weighted by Gasteiger charge is -2.10. The van der Waals surface area contributed by atoms with E-state index in [1.807, 2.05) is 72.2 Å². The molecule has 1 saturated heterocycles. The molecule has 0 radical (unpaired) electrons. The molecule has 7 heteroatoms. The summed E-state index contributed by atoms with van der Waals surface area (Å²) in [7, 11) is 0. The number of nitrogens with zero attached hydrogens (tertiary/aromatic N) is 1. The summed E-state index contributed by atoms with van der Waals surface area (Å²) in [6, 6.07) is 15.9. The summed E-state index contributed by atoms with van der Waals surface area (Å²) in [6.07, 6.45) is 0. The van der Waals surface area contributed by atoms with E-state index in [1.54, 1.807) is 23.1 Å². The van der Waals surface area contributed by atoms with Crippen molar-refractivity contribution in [1.82, 2.24) is 4.98 Å².